The Kier molecular flexibility index (Phi) is 42.8. The quantitative estimate of drug-likeness (QED) is 0.0295. The van der Waals surface area contributed by atoms with Crippen molar-refractivity contribution >= 4 is 64.0 Å². The first-order chi connectivity index (χ1) is 22.7. The van der Waals surface area contributed by atoms with Gasteiger partial charge in [-0.1, -0.05) is 59.7 Å². The van der Waals surface area contributed by atoms with E-state index in [4.69, 9.17) is 26.6 Å². The highest BCUT2D eigenvalue weighted by atomic mass is 28.4. The summed E-state index contributed by atoms with van der Waals surface area (Å²) in [5.74, 6) is -0.590. The molecule has 0 N–H and O–H groups in total. The van der Waals surface area contributed by atoms with Crippen LogP contribution in [0.1, 0.15) is 49.0 Å². The van der Waals surface area contributed by atoms with Crippen molar-refractivity contribution in [3.8, 4) is 0 Å². The second-order valence-electron chi connectivity index (χ2n) is 14.1. The molecule has 0 saturated carbocycles. The normalized spacial score (nSPS) is 14.0. The van der Waals surface area contributed by atoms with Gasteiger partial charge >= 0.3 is 11.9 Å². The number of rotatable bonds is 25. The summed E-state index contributed by atoms with van der Waals surface area (Å²) in [7, 11) is -4.69. The van der Waals surface area contributed by atoms with Crippen molar-refractivity contribution < 1.29 is 36.1 Å². The van der Waals surface area contributed by atoms with Crippen molar-refractivity contribution in [2.24, 2.45) is 5.92 Å². The highest BCUT2D eigenvalue weighted by molar-refractivity contribution is 6.83. The molecule has 0 heterocycles. The average Bonchev–Trinajstić information content (AvgIpc) is 3.02. The van der Waals surface area contributed by atoms with Crippen LogP contribution in [0.4, 0.5) is 0 Å². The maximum atomic E-state index is 12.2. The predicted octanol–water partition coefficient (Wildman–Crippen LogP) is 10.6. The molecule has 8 nitrogen and oxygen atoms in total. The number of carbonyl (C=O) groups excluding carboxylic acids is 2. The van der Waals surface area contributed by atoms with Crippen LogP contribution >= 0.6 is 0 Å². The maximum Gasteiger partial charge on any atom is 0.333 e. The Morgan fingerprint density at radius 3 is 1.44 bits per heavy atom. The van der Waals surface area contributed by atoms with Crippen LogP contribution in [0.15, 0.2) is 62.4 Å². The molecule has 0 spiro atoms. The van der Waals surface area contributed by atoms with Gasteiger partial charge in [-0.05, 0) is 108 Å². The molecule has 14 heteroatoms. The molecule has 0 radical (unpaired) electrons. The molecule has 0 saturated heterocycles. The molecule has 0 amide bonds. The number of carbonyl (C=O) groups is 2. The third-order valence-electron chi connectivity index (χ3n) is 7.75. The molecule has 0 fully saturated rings. The summed E-state index contributed by atoms with van der Waals surface area (Å²) in [6.45, 7) is 40.5. The Morgan fingerprint density at radius 2 is 1.10 bits per heavy atom. The van der Waals surface area contributed by atoms with E-state index >= 15 is 0 Å². The van der Waals surface area contributed by atoms with Gasteiger partial charge in [-0.15, -0.1) is 26.3 Å². The predicted molar refractivity (Wildman–Crippen MR) is 247 cm³/mol. The molecule has 0 aliphatic carbocycles. The fourth-order valence-electron chi connectivity index (χ4n) is 4.39. The van der Waals surface area contributed by atoms with Gasteiger partial charge in [-0.3, -0.25) is 4.79 Å². The number of hydrogen-bond acceptors (Lipinski definition) is 8. The van der Waals surface area contributed by atoms with E-state index in [-0.39, 0.29) is 40.1 Å². The smallest absolute Gasteiger partial charge is 0.333 e. The van der Waals surface area contributed by atoms with E-state index in [0.717, 1.165) is 49.1 Å². The minimum Gasteiger partial charge on any atom is -0.465 e. The lowest BCUT2D eigenvalue weighted by atomic mass is 10.2. The molecule has 0 aromatic rings. The molecular weight excluding hydrogens is 753 g/mol. The molecule has 0 aromatic carbocycles. The Balaban J connectivity index is -0.000000162. The number of allylic oxidation sites excluding steroid dienone is 3. The summed E-state index contributed by atoms with van der Waals surface area (Å²) in [5, 5.41) is 0. The highest BCUT2D eigenvalue weighted by Crippen LogP contribution is 2.23. The largest absolute Gasteiger partial charge is 0.465 e. The zero-order valence-electron chi connectivity index (χ0n) is 33.5. The molecule has 0 rings (SSSR count). The lowest BCUT2D eigenvalue weighted by Crippen LogP contribution is -2.40. The van der Waals surface area contributed by atoms with Crippen LogP contribution in [0.2, 0.25) is 88.6 Å². The summed E-state index contributed by atoms with van der Waals surface area (Å²) >= 11 is 0. The minimum absolute atomic E-state index is 0. The molecule has 52 heavy (non-hydrogen) atoms. The van der Waals surface area contributed by atoms with E-state index in [9.17, 15) is 9.59 Å². The maximum absolute atomic E-state index is 12.2. The number of ether oxygens (including phenoxy) is 2. The van der Waals surface area contributed by atoms with Crippen LogP contribution in [0.25, 0.3) is 0 Å². The standard InChI is InChI=1S/C17H36O4Si3.C10H20O3Si.C8H18OSi2.3CH4/c1-9-13-22(5)21-24(8,10-2)15-16(3)17(18)20-12-11-14-23(6,7)19-4;1-9(2)10(11)13-7-6-8-14(4,5)12-3;1-5-7-10(3)9-11(4)8-6-2;;;/h9-10,16,22H,1-2,11-15H2,3-8H3;1,6-8H2,2-5H3;5-6,10-11H,1-2,7-8H2,3-4H3;3*1H4. The summed E-state index contributed by atoms with van der Waals surface area (Å²) in [6, 6.07) is 5.85. The summed E-state index contributed by atoms with van der Waals surface area (Å²) in [5.41, 5.74) is 2.39. The van der Waals surface area contributed by atoms with Gasteiger partial charge in [-0.2, -0.15) is 0 Å². The van der Waals surface area contributed by atoms with Gasteiger partial charge < -0.3 is 26.6 Å². The molecule has 310 valence electrons. The monoisotopic (exact) mass is 838 g/mol. The minimum atomic E-state index is -2.07. The van der Waals surface area contributed by atoms with E-state index in [1.54, 1.807) is 21.1 Å². The van der Waals surface area contributed by atoms with E-state index < -0.39 is 52.1 Å². The summed E-state index contributed by atoms with van der Waals surface area (Å²) in [4.78, 5) is 23.2. The Bertz CT molecular complexity index is 965. The Morgan fingerprint density at radius 1 is 0.712 bits per heavy atom. The van der Waals surface area contributed by atoms with Crippen molar-refractivity contribution in [3.63, 3.8) is 0 Å². The van der Waals surface area contributed by atoms with Crippen molar-refractivity contribution in [2.75, 3.05) is 27.4 Å². The highest BCUT2D eigenvalue weighted by Gasteiger charge is 2.32. The fourth-order valence-corrected chi connectivity index (χ4v) is 18.6. The fraction of sp³-hybridized carbons (Fsp3) is 0.684. The van der Waals surface area contributed by atoms with Crippen molar-refractivity contribution in [1.82, 2.24) is 0 Å². The van der Waals surface area contributed by atoms with Gasteiger partial charge in [0.1, 0.15) is 0 Å². The SMILES string of the molecule is C.C.C.C=C(C)C(=O)OCCC[Si](C)(C)OC.C=CC[SiH](C)O[SiH](C)CC=C.C=CC[SiH](C)O[Si](C)(C=C)CC(C)C(=O)OCCC[Si](C)(C)OC. The van der Waals surface area contributed by atoms with Gasteiger partial charge in [0.15, 0.2) is 43.8 Å². The Labute approximate surface area is 332 Å². The molecule has 0 aliphatic rings. The third-order valence-corrected chi connectivity index (χ3v) is 25.8. The third kappa shape index (κ3) is 37.1. The van der Waals surface area contributed by atoms with Gasteiger partial charge in [0.05, 0.1) is 19.1 Å². The molecule has 0 bridgehead atoms. The first-order valence-electron chi connectivity index (χ1n) is 17.6. The zero-order valence-corrected chi connectivity index (χ0v) is 40.0. The molecule has 0 aromatic heterocycles. The first kappa shape index (κ1) is 62.8. The molecule has 5 unspecified atom stereocenters. The summed E-state index contributed by atoms with van der Waals surface area (Å²) < 4.78 is 33.5. The summed E-state index contributed by atoms with van der Waals surface area (Å²) in [6.07, 6.45) is 7.57. The van der Waals surface area contributed by atoms with Crippen molar-refractivity contribution in [3.05, 3.63) is 62.4 Å². The second kappa shape index (κ2) is 35.5. The molecule has 0 aliphatic heterocycles. The van der Waals surface area contributed by atoms with E-state index in [1.807, 2.05) is 30.9 Å². The van der Waals surface area contributed by atoms with Crippen LogP contribution in [-0.2, 0) is 36.1 Å². The van der Waals surface area contributed by atoms with E-state index in [1.165, 1.54) is 0 Å². The van der Waals surface area contributed by atoms with Crippen LogP contribution in [0.3, 0.4) is 0 Å². The van der Waals surface area contributed by atoms with Crippen molar-refractivity contribution in [2.45, 2.75) is 138 Å². The number of hydrogen-bond donors (Lipinski definition) is 0. The van der Waals surface area contributed by atoms with Gasteiger partial charge in [0.2, 0.25) is 8.32 Å². The van der Waals surface area contributed by atoms with Gasteiger partial charge in [-0.25, -0.2) is 4.79 Å². The first-order valence-corrected chi connectivity index (χ1v) is 33.8. The van der Waals surface area contributed by atoms with Crippen LogP contribution < -0.4 is 0 Å². The number of esters is 2. The topological polar surface area (TPSA) is 89.5 Å². The zero-order chi connectivity index (χ0) is 38.7. The van der Waals surface area contributed by atoms with Crippen molar-refractivity contribution in [1.29, 1.82) is 0 Å². The van der Waals surface area contributed by atoms with E-state index in [2.05, 4.69) is 85.3 Å². The van der Waals surface area contributed by atoms with Crippen LogP contribution in [-0.4, -0.2) is 91.4 Å². The van der Waals surface area contributed by atoms with Crippen LogP contribution in [0, 0.1) is 5.92 Å². The van der Waals surface area contributed by atoms with Gasteiger partial charge in [0, 0.05) is 19.8 Å². The molecular formula is C38H86O8Si6. The lowest BCUT2D eigenvalue weighted by Gasteiger charge is -2.29. The second-order valence-corrected chi connectivity index (χ2v) is 34.7. The van der Waals surface area contributed by atoms with E-state index in [0.29, 0.717) is 18.8 Å². The average molecular weight is 840 g/mol. The molecule has 5 atom stereocenters. The van der Waals surface area contributed by atoms with Gasteiger partial charge in [0.25, 0.3) is 0 Å². The Hall–Kier alpha value is -1.22. The lowest BCUT2D eigenvalue weighted by molar-refractivity contribution is -0.147. The van der Waals surface area contributed by atoms with Crippen LogP contribution in [0.5, 0.6) is 0 Å².